The molecule has 0 aliphatic carbocycles. The minimum atomic E-state index is -0.674. The van der Waals surface area contributed by atoms with Gasteiger partial charge >= 0.3 is 5.97 Å². The molecule has 0 spiro atoms. The molecular weight excluding hydrogens is 350 g/mol. The number of aromatic nitrogens is 2. The van der Waals surface area contributed by atoms with Gasteiger partial charge in [0.15, 0.2) is 11.5 Å². The summed E-state index contributed by atoms with van der Waals surface area (Å²) in [6, 6.07) is 14.7. The van der Waals surface area contributed by atoms with E-state index in [-0.39, 0.29) is 35.0 Å². The molecule has 0 saturated carbocycles. The number of nitrogens with one attached hydrogen (secondary N) is 1. The van der Waals surface area contributed by atoms with Gasteiger partial charge in [0.2, 0.25) is 0 Å². The topological polar surface area (TPSA) is 115 Å². The molecule has 2 aromatic carbocycles. The maximum atomic E-state index is 12.5. The lowest BCUT2D eigenvalue weighted by Gasteiger charge is -2.07. The molecule has 27 heavy (non-hydrogen) atoms. The lowest BCUT2D eigenvalue weighted by atomic mass is 10.0. The molecule has 8 heteroatoms. The summed E-state index contributed by atoms with van der Waals surface area (Å²) in [6.07, 6.45) is 0. The van der Waals surface area contributed by atoms with E-state index in [1.165, 1.54) is 31.2 Å². The lowest BCUT2D eigenvalue weighted by molar-refractivity contribution is -0.384. The predicted molar refractivity (Wildman–Crippen MR) is 96.2 cm³/mol. The second kappa shape index (κ2) is 7.61. The van der Waals surface area contributed by atoms with E-state index in [9.17, 15) is 19.7 Å². The van der Waals surface area contributed by atoms with Crippen molar-refractivity contribution in [3.05, 3.63) is 81.7 Å². The van der Waals surface area contributed by atoms with Crippen LogP contribution in [0.1, 0.15) is 33.5 Å². The molecule has 1 heterocycles. The van der Waals surface area contributed by atoms with Gasteiger partial charge in [0.1, 0.15) is 12.3 Å². The van der Waals surface area contributed by atoms with Gasteiger partial charge in [0, 0.05) is 24.6 Å². The average Bonchev–Trinajstić information content (AvgIpc) is 3.12. The van der Waals surface area contributed by atoms with Crippen LogP contribution in [0.4, 0.5) is 5.69 Å². The molecule has 3 aromatic rings. The van der Waals surface area contributed by atoms with Crippen molar-refractivity contribution in [2.45, 2.75) is 13.5 Å². The molecule has 8 nitrogen and oxygen atoms in total. The Bertz CT molecular complexity index is 994. The SMILES string of the molecule is CC(=O)c1n[nH]c(C(=O)OCc2ccccc2)c1-c1ccc([N+](=O)[O-])cc1. The zero-order valence-corrected chi connectivity index (χ0v) is 14.3. The van der Waals surface area contributed by atoms with E-state index < -0.39 is 10.9 Å². The zero-order chi connectivity index (χ0) is 19.4. The molecule has 0 unspecified atom stereocenters. The first kappa shape index (κ1) is 18.0. The Morgan fingerprint density at radius 1 is 1.11 bits per heavy atom. The van der Waals surface area contributed by atoms with Gasteiger partial charge in [-0.2, -0.15) is 5.10 Å². The monoisotopic (exact) mass is 365 g/mol. The van der Waals surface area contributed by atoms with E-state index in [0.29, 0.717) is 5.56 Å². The van der Waals surface area contributed by atoms with Crippen molar-refractivity contribution in [2.24, 2.45) is 0 Å². The van der Waals surface area contributed by atoms with Gasteiger partial charge < -0.3 is 4.74 Å². The molecule has 0 bridgehead atoms. The van der Waals surface area contributed by atoms with Crippen LogP contribution in [-0.4, -0.2) is 26.9 Å². The van der Waals surface area contributed by atoms with Crippen molar-refractivity contribution < 1.29 is 19.2 Å². The Hall–Kier alpha value is -3.81. The first-order valence-electron chi connectivity index (χ1n) is 8.02. The minimum Gasteiger partial charge on any atom is -0.456 e. The second-order valence-corrected chi connectivity index (χ2v) is 5.74. The summed E-state index contributed by atoms with van der Waals surface area (Å²) in [7, 11) is 0. The fourth-order valence-electron chi connectivity index (χ4n) is 2.57. The Balaban J connectivity index is 1.92. The highest BCUT2D eigenvalue weighted by Crippen LogP contribution is 2.29. The molecule has 0 amide bonds. The molecule has 0 saturated heterocycles. The number of non-ortho nitro benzene ring substituents is 1. The highest BCUT2D eigenvalue weighted by Gasteiger charge is 2.24. The number of ether oxygens (including phenoxy) is 1. The fraction of sp³-hybridized carbons (Fsp3) is 0.105. The Labute approximate surface area is 153 Å². The third kappa shape index (κ3) is 3.90. The van der Waals surface area contributed by atoms with Crippen LogP contribution in [0, 0.1) is 10.1 Å². The van der Waals surface area contributed by atoms with Crippen LogP contribution >= 0.6 is 0 Å². The molecule has 0 fully saturated rings. The normalized spacial score (nSPS) is 10.4. The summed E-state index contributed by atoms with van der Waals surface area (Å²) in [4.78, 5) is 34.7. The predicted octanol–water partition coefficient (Wildman–Crippen LogP) is 3.54. The second-order valence-electron chi connectivity index (χ2n) is 5.74. The van der Waals surface area contributed by atoms with E-state index in [4.69, 9.17) is 4.74 Å². The molecule has 1 N–H and O–H groups in total. The number of Topliss-reactive ketones (excluding diaryl/α,β-unsaturated/α-hetero) is 1. The van der Waals surface area contributed by atoms with Crippen molar-refractivity contribution in [2.75, 3.05) is 0 Å². The van der Waals surface area contributed by atoms with E-state index >= 15 is 0 Å². The molecule has 3 rings (SSSR count). The van der Waals surface area contributed by atoms with Gasteiger partial charge in [-0.15, -0.1) is 0 Å². The molecule has 136 valence electrons. The zero-order valence-electron chi connectivity index (χ0n) is 14.3. The van der Waals surface area contributed by atoms with Gasteiger partial charge in [-0.05, 0) is 23.3 Å². The van der Waals surface area contributed by atoms with Crippen LogP contribution in [0.2, 0.25) is 0 Å². The highest BCUT2D eigenvalue weighted by molar-refractivity contribution is 6.05. The summed E-state index contributed by atoms with van der Waals surface area (Å²) < 4.78 is 5.30. The van der Waals surface area contributed by atoms with Crippen LogP contribution in [0.15, 0.2) is 54.6 Å². The third-order valence-electron chi connectivity index (χ3n) is 3.88. The number of H-pyrrole nitrogens is 1. The number of carbonyl (C=O) groups excluding carboxylic acids is 2. The van der Waals surface area contributed by atoms with Gasteiger partial charge in [-0.3, -0.25) is 20.0 Å². The summed E-state index contributed by atoms with van der Waals surface area (Å²) in [5, 5.41) is 17.3. The maximum Gasteiger partial charge on any atom is 0.357 e. The van der Waals surface area contributed by atoms with E-state index in [0.717, 1.165) is 5.56 Å². The fourth-order valence-corrected chi connectivity index (χ4v) is 2.57. The number of ketones is 1. The molecule has 0 aliphatic rings. The lowest BCUT2D eigenvalue weighted by Crippen LogP contribution is -2.08. The van der Waals surface area contributed by atoms with Crippen molar-refractivity contribution >= 4 is 17.4 Å². The van der Waals surface area contributed by atoms with Gasteiger partial charge in [0.05, 0.1) is 4.92 Å². The van der Waals surface area contributed by atoms with Crippen LogP contribution in [0.25, 0.3) is 11.1 Å². The van der Waals surface area contributed by atoms with E-state index in [2.05, 4.69) is 10.2 Å². The van der Waals surface area contributed by atoms with E-state index in [1.54, 1.807) is 0 Å². The van der Waals surface area contributed by atoms with Crippen LogP contribution in [0.5, 0.6) is 0 Å². The number of nitrogens with zero attached hydrogens (tertiary/aromatic N) is 2. The number of hydrogen-bond donors (Lipinski definition) is 1. The van der Waals surface area contributed by atoms with Crippen molar-refractivity contribution in [3.8, 4) is 11.1 Å². The quantitative estimate of drug-likeness (QED) is 0.309. The third-order valence-corrected chi connectivity index (χ3v) is 3.88. The molecule has 0 radical (unpaired) electrons. The summed E-state index contributed by atoms with van der Waals surface area (Å²) >= 11 is 0. The van der Waals surface area contributed by atoms with Crippen molar-refractivity contribution in [1.82, 2.24) is 10.2 Å². The maximum absolute atomic E-state index is 12.5. The number of carbonyl (C=O) groups is 2. The van der Waals surface area contributed by atoms with Crippen molar-refractivity contribution in [1.29, 1.82) is 0 Å². The average molecular weight is 365 g/mol. The van der Waals surface area contributed by atoms with E-state index in [1.807, 2.05) is 30.3 Å². The molecular formula is C19H15N3O5. The smallest absolute Gasteiger partial charge is 0.357 e. The number of nitro groups is 1. The van der Waals surface area contributed by atoms with Gasteiger partial charge in [0.25, 0.3) is 5.69 Å². The highest BCUT2D eigenvalue weighted by atomic mass is 16.6. The Morgan fingerprint density at radius 2 is 1.78 bits per heavy atom. The summed E-state index contributed by atoms with van der Waals surface area (Å²) in [6.45, 7) is 1.39. The van der Waals surface area contributed by atoms with Crippen LogP contribution in [0.3, 0.4) is 0 Å². The van der Waals surface area contributed by atoms with Gasteiger partial charge in [-0.1, -0.05) is 30.3 Å². The van der Waals surface area contributed by atoms with Crippen LogP contribution in [-0.2, 0) is 11.3 Å². The molecule has 0 atom stereocenters. The van der Waals surface area contributed by atoms with Crippen molar-refractivity contribution in [3.63, 3.8) is 0 Å². The first-order chi connectivity index (χ1) is 13.0. The molecule has 0 aliphatic heterocycles. The Kier molecular flexibility index (Phi) is 5.07. The standard InChI is InChI=1S/C19H15N3O5/c1-12(23)17-16(14-7-9-15(10-8-14)22(25)26)18(21-20-17)19(24)27-11-13-5-3-2-4-6-13/h2-10H,11H2,1H3,(H,20,21). The summed E-state index contributed by atoms with van der Waals surface area (Å²) in [5.74, 6) is -1.02. The van der Waals surface area contributed by atoms with Crippen LogP contribution < -0.4 is 0 Å². The number of nitro benzene ring substituents is 1. The first-order valence-corrected chi connectivity index (χ1v) is 8.02. The molecule has 1 aromatic heterocycles. The largest absolute Gasteiger partial charge is 0.456 e. The van der Waals surface area contributed by atoms with Gasteiger partial charge in [-0.25, -0.2) is 4.79 Å². The Morgan fingerprint density at radius 3 is 2.37 bits per heavy atom. The number of benzene rings is 2. The number of esters is 1. The minimum absolute atomic E-state index is 0.0185. The number of rotatable bonds is 6. The number of hydrogen-bond acceptors (Lipinski definition) is 6. The number of aromatic amines is 1. The summed E-state index contributed by atoms with van der Waals surface area (Å²) in [5.41, 5.74) is 1.51.